The molecule has 2 aliphatic rings. The number of non-ortho nitro benzene ring substituents is 1. The Morgan fingerprint density at radius 3 is 2.52 bits per heavy atom. The molecule has 1 fully saturated rings. The van der Waals surface area contributed by atoms with Crippen LogP contribution in [-0.4, -0.2) is 34.8 Å². The zero-order valence-corrected chi connectivity index (χ0v) is 14.5. The summed E-state index contributed by atoms with van der Waals surface area (Å²) in [5.41, 5.74) is 0.884. The molecule has 0 radical (unpaired) electrons. The summed E-state index contributed by atoms with van der Waals surface area (Å²) in [6.07, 6.45) is 0.533. The molecule has 0 bridgehead atoms. The van der Waals surface area contributed by atoms with Crippen molar-refractivity contribution in [2.45, 2.75) is 25.2 Å². The molecule has 0 aliphatic carbocycles. The third-order valence-corrected chi connectivity index (χ3v) is 4.72. The Morgan fingerprint density at radius 2 is 1.81 bits per heavy atom. The minimum atomic E-state index is -0.881. The van der Waals surface area contributed by atoms with E-state index in [1.54, 1.807) is 11.0 Å². The van der Waals surface area contributed by atoms with Gasteiger partial charge in [-0.2, -0.15) is 0 Å². The second-order valence-electron chi connectivity index (χ2n) is 6.53. The summed E-state index contributed by atoms with van der Waals surface area (Å²) in [6, 6.07) is 13.8. The summed E-state index contributed by atoms with van der Waals surface area (Å²) in [4.78, 5) is 24.3. The van der Waals surface area contributed by atoms with Crippen molar-refractivity contribution in [2.24, 2.45) is 0 Å². The molecular formula is C19H18N2O6. The Balaban J connectivity index is 1.33. The summed E-state index contributed by atoms with van der Waals surface area (Å²) in [6.45, 7) is 1.07. The van der Waals surface area contributed by atoms with E-state index in [1.165, 1.54) is 12.1 Å². The number of hydrogen-bond acceptors (Lipinski definition) is 6. The van der Waals surface area contributed by atoms with Gasteiger partial charge in [-0.25, -0.2) is 4.79 Å². The van der Waals surface area contributed by atoms with Crippen molar-refractivity contribution in [3.8, 4) is 11.5 Å². The largest absolute Gasteiger partial charge is 0.448 e. The Morgan fingerprint density at radius 1 is 1.11 bits per heavy atom. The van der Waals surface area contributed by atoms with Crippen molar-refractivity contribution >= 4 is 11.8 Å². The average Bonchev–Trinajstić information content (AvgIpc) is 3.04. The first-order chi connectivity index (χ1) is 13.0. The molecule has 0 atom stereocenters. The first kappa shape index (κ1) is 17.1. The van der Waals surface area contributed by atoms with Gasteiger partial charge in [-0.15, -0.1) is 0 Å². The van der Waals surface area contributed by atoms with Crippen LogP contribution in [0.2, 0.25) is 0 Å². The smallest absolute Gasteiger partial charge is 0.410 e. The number of likely N-dealkylation sites (tertiary alicyclic amines) is 1. The van der Waals surface area contributed by atoms with Gasteiger partial charge in [-0.05, 0) is 11.6 Å². The molecule has 4 rings (SSSR count). The van der Waals surface area contributed by atoms with Gasteiger partial charge in [-0.3, -0.25) is 10.1 Å². The second-order valence-corrected chi connectivity index (χ2v) is 6.53. The van der Waals surface area contributed by atoms with E-state index in [9.17, 15) is 14.9 Å². The topological polar surface area (TPSA) is 91.1 Å². The monoisotopic (exact) mass is 370 g/mol. The molecule has 1 amide bonds. The van der Waals surface area contributed by atoms with Crippen LogP contribution in [0.25, 0.3) is 0 Å². The van der Waals surface area contributed by atoms with E-state index in [1.807, 2.05) is 30.3 Å². The van der Waals surface area contributed by atoms with E-state index in [0.717, 1.165) is 5.56 Å². The maximum atomic E-state index is 12.3. The lowest BCUT2D eigenvalue weighted by atomic mass is 10.0. The van der Waals surface area contributed by atoms with Crippen LogP contribution in [0.15, 0.2) is 48.5 Å². The van der Waals surface area contributed by atoms with Crippen LogP contribution in [0, 0.1) is 10.1 Å². The minimum Gasteiger partial charge on any atom is -0.448 e. The van der Waals surface area contributed by atoms with Gasteiger partial charge >= 0.3 is 6.09 Å². The molecule has 1 saturated heterocycles. The van der Waals surface area contributed by atoms with Crippen molar-refractivity contribution in [3.05, 3.63) is 64.2 Å². The van der Waals surface area contributed by atoms with Crippen molar-refractivity contribution in [3.63, 3.8) is 0 Å². The van der Waals surface area contributed by atoms with E-state index in [0.29, 0.717) is 37.4 Å². The van der Waals surface area contributed by atoms with Crippen molar-refractivity contribution in [1.29, 1.82) is 0 Å². The number of nitro groups is 1. The van der Waals surface area contributed by atoms with Gasteiger partial charge < -0.3 is 19.1 Å². The zero-order chi connectivity index (χ0) is 18.9. The molecule has 2 aromatic carbocycles. The van der Waals surface area contributed by atoms with Crippen LogP contribution in [0.4, 0.5) is 10.5 Å². The van der Waals surface area contributed by atoms with Gasteiger partial charge in [0.15, 0.2) is 11.5 Å². The molecular weight excluding hydrogens is 352 g/mol. The van der Waals surface area contributed by atoms with Gasteiger partial charge in [0.25, 0.3) is 11.5 Å². The van der Waals surface area contributed by atoms with Gasteiger partial charge in [0.1, 0.15) is 6.61 Å². The quantitative estimate of drug-likeness (QED) is 0.607. The molecule has 0 unspecified atom stereocenters. The molecule has 2 aromatic rings. The molecule has 0 saturated carbocycles. The Kier molecular flexibility index (Phi) is 4.31. The van der Waals surface area contributed by atoms with E-state index >= 15 is 0 Å². The summed E-state index contributed by atoms with van der Waals surface area (Å²) in [7, 11) is 0. The van der Waals surface area contributed by atoms with Crippen LogP contribution >= 0.6 is 0 Å². The lowest BCUT2D eigenvalue weighted by Gasteiger charge is -2.36. The van der Waals surface area contributed by atoms with Gasteiger partial charge in [-0.1, -0.05) is 30.3 Å². The summed E-state index contributed by atoms with van der Waals surface area (Å²) < 4.78 is 17.1. The number of ether oxygens (including phenoxy) is 3. The maximum Gasteiger partial charge on any atom is 0.410 e. The number of amides is 1. The number of rotatable bonds is 3. The molecule has 8 heteroatoms. The Hall–Kier alpha value is -3.29. The van der Waals surface area contributed by atoms with Crippen LogP contribution in [-0.2, 0) is 11.3 Å². The van der Waals surface area contributed by atoms with Crippen molar-refractivity contribution < 1.29 is 23.9 Å². The van der Waals surface area contributed by atoms with Crippen LogP contribution < -0.4 is 9.47 Å². The van der Waals surface area contributed by atoms with Crippen molar-refractivity contribution in [2.75, 3.05) is 13.1 Å². The highest BCUT2D eigenvalue weighted by Crippen LogP contribution is 2.45. The normalized spacial score (nSPS) is 17.0. The highest BCUT2D eigenvalue weighted by Gasteiger charge is 2.45. The minimum absolute atomic E-state index is 0.0451. The summed E-state index contributed by atoms with van der Waals surface area (Å²) in [5.74, 6) is -0.0293. The molecule has 140 valence electrons. The molecule has 0 N–H and O–H groups in total. The van der Waals surface area contributed by atoms with E-state index in [-0.39, 0.29) is 18.4 Å². The third-order valence-electron chi connectivity index (χ3n) is 4.72. The van der Waals surface area contributed by atoms with Crippen molar-refractivity contribution in [1.82, 2.24) is 4.90 Å². The fraction of sp³-hybridized carbons (Fsp3) is 0.316. The number of nitrogens with zero attached hydrogens (tertiary/aromatic N) is 2. The maximum absolute atomic E-state index is 12.3. The highest BCUT2D eigenvalue weighted by molar-refractivity contribution is 5.67. The average molecular weight is 370 g/mol. The predicted octanol–water partition coefficient (Wildman–Crippen LogP) is 3.49. The highest BCUT2D eigenvalue weighted by atomic mass is 16.7. The van der Waals surface area contributed by atoms with Gasteiger partial charge in [0, 0.05) is 32.0 Å². The lowest BCUT2D eigenvalue weighted by molar-refractivity contribution is -0.384. The van der Waals surface area contributed by atoms with Crippen LogP contribution in [0.3, 0.4) is 0 Å². The van der Waals surface area contributed by atoms with Crippen LogP contribution in [0.1, 0.15) is 18.4 Å². The number of benzene rings is 2. The second kappa shape index (κ2) is 6.79. The number of fused-ring (bicyclic) bond motifs is 1. The number of hydrogen-bond donors (Lipinski definition) is 0. The fourth-order valence-electron chi connectivity index (χ4n) is 3.24. The summed E-state index contributed by atoms with van der Waals surface area (Å²) >= 11 is 0. The standard InChI is InChI=1S/C19H18N2O6/c22-18(25-13-14-4-2-1-3-5-14)20-10-8-19(9-11-20)26-16-7-6-15(21(23)24)12-17(16)27-19/h1-7,12H,8-11,13H2. The Bertz CT molecular complexity index is 862. The van der Waals surface area contributed by atoms with E-state index < -0.39 is 10.7 Å². The molecule has 8 nitrogen and oxygen atoms in total. The first-order valence-electron chi connectivity index (χ1n) is 8.67. The number of carbonyl (C=O) groups excluding carboxylic acids is 1. The first-order valence-corrected chi connectivity index (χ1v) is 8.67. The Labute approximate surface area is 155 Å². The third kappa shape index (κ3) is 3.51. The molecule has 0 aromatic heterocycles. The van der Waals surface area contributed by atoms with Gasteiger partial charge in [0.2, 0.25) is 0 Å². The zero-order valence-electron chi connectivity index (χ0n) is 14.5. The van der Waals surface area contributed by atoms with E-state index in [2.05, 4.69) is 0 Å². The van der Waals surface area contributed by atoms with E-state index in [4.69, 9.17) is 14.2 Å². The fourth-order valence-corrected chi connectivity index (χ4v) is 3.24. The number of piperidine rings is 1. The van der Waals surface area contributed by atoms with Gasteiger partial charge in [0.05, 0.1) is 11.0 Å². The molecule has 27 heavy (non-hydrogen) atoms. The molecule has 2 heterocycles. The number of nitro benzene ring substituents is 1. The SMILES string of the molecule is O=C(OCc1ccccc1)N1CCC2(CC1)Oc1ccc([N+](=O)[O-])cc1O2. The molecule has 2 aliphatic heterocycles. The lowest BCUT2D eigenvalue weighted by Crippen LogP contribution is -2.51. The molecule has 1 spiro atoms. The number of carbonyl (C=O) groups is 1. The van der Waals surface area contributed by atoms with Crippen LogP contribution in [0.5, 0.6) is 11.5 Å². The summed E-state index contributed by atoms with van der Waals surface area (Å²) in [5, 5.41) is 10.9. The predicted molar refractivity (Wildman–Crippen MR) is 94.5 cm³/mol.